The highest BCUT2D eigenvalue weighted by atomic mass is 16.5. The van der Waals surface area contributed by atoms with Gasteiger partial charge in [-0.1, -0.05) is 12.1 Å². The molecule has 138 valence electrons. The monoisotopic (exact) mass is 344 g/mol. The van der Waals surface area contributed by atoms with Crippen LogP contribution in [-0.4, -0.2) is 58.3 Å². The first-order chi connectivity index (χ1) is 12.2. The fourth-order valence-electron chi connectivity index (χ4n) is 3.36. The summed E-state index contributed by atoms with van der Waals surface area (Å²) < 4.78 is 5.73. The first kappa shape index (κ1) is 18.1. The number of hydrogen-bond donors (Lipinski definition) is 1. The lowest BCUT2D eigenvalue weighted by Gasteiger charge is -2.28. The number of likely N-dealkylation sites (N-methyl/N-ethyl adjacent to an activating group) is 1. The van der Waals surface area contributed by atoms with Crippen LogP contribution < -0.4 is 10.2 Å². The van der Waals surface area contributed by atoms with Crippen molar-refractivity contribution in [2.45, 2.75) is 32.2 Å². The van der Waals surface area contributed by atoms with Gasteiger partial charge in [-0.2, -0.15) is 0 Å². The molecule has 2 aliphatic rings. The van der Waals surface area contributed by atoms with Crippen molar-refractivity contribution in [3.05, 3.63) is 29.3 Å². The summed E-state index contributed by atoms with van der Waals surface area (Å²) in [6.45, 7) is 4.51. The lowest BCUT2D eigenvalue weighted by atomic mass is 9.99. The van der Waals surface area contributed by atoms with Gasteiger partial charge in [0.25, 0.3) is 0 Å². The van der Waals surface area contributed by atoms with E-state index in [2.05, 4.69) is 52.4 Å². The number of rotatable bonds is 7. The van der Waals surface area contributed by atoms with Gasteiger partial charge in [0.15, 0.2) is 5.96 Å². The van der Waals surface area contributed by atoms with E-state index >= 15 is 0 Å². The van der Waals surface area contributed by atoms with Crippen LogP contribution in [0.5, 0.6) is 0 Å². The molecule has 0 saturated heterocycles. The van der Waals surface area contributed by atoms with Crippen LogP contribution in [0.3, 0.4) is 0 Å². The van der Waals surface area contributed by atoms with Crippen LogP contribution in [0.25, 0.3) is 0 Å². The fourth-order valence-corrected chi connectivity index (χ4v) is 3.36. The van der Waals surface area contributed by atoms with E-state index in [1.807, 2.05) is 7.05 Å². The van der Waals surface area contributed by atoms with Crippen LogP contribution in [0.15, 0.2) is 23.2 Å². The Hall–Kier alpha value is -1.75. The van der Waals surface area contributed by atoms with Crippen LogP contribution in [0, 0.1) is 5.92 Å². The standard InChI is InChI=1S/C20H32N4O/c1-21-20(24(3)11-12-25-15-16-6-7-16)22-14-17-8-9-19-18(13-17)5-4-10-23(19)2/h8-9,13,16H,4-7,10-12,14-15H2,1-3H3,(H,21,22). The summed E-state index contributed by atoms with van der Waals surface area (Å²) in [4.78, 5) is 8.89. The molecule has 5 heteroatoms. The normalized spacial score (nSPS) is 17.4. The van der Waals surface area contributed by atoms with Crippen molar-refractivity contribution < 1.29 is 4.74 Å². The summed E-state index contributed by atoms with van der Waals surface area (Å²) >= 11 is 0. The van der Waals surface area contributed by atoms with Crippen LogP contribution >= 0.6 is 0 Å². The molecule has 1 aromatic rings. The van der Waals surface area contributed by atoms with E-state index in [-0.39, 0.29) is 0 Å². The third-order valence-electron chi connectivity index (χ3n) is 5.14. The summed E-state index contributed by atoms with van der Waals surface area (Å²) in [5.74, 6) is 1.75. The van der Waals surface area contributed by atoms with Crippen LogP contribution in [-0.2, 0) is 17.7 Å². The average Bonchev–Trinajstić information content (AvgIpc) is 3.44. The molecule has 1 aliphatic heterocycles. The first-order valence-electron chi connectivity index (χ1n) is 9.50. The van der Waals surface area contributed by atoms with Gasteiger partial charge >= 0.3 is 0 Å². The fraction of sp³-hybridized carbons (Fsp3) is 0.650. The molecule has 0 radical (unpaired) electrons. The highest BCUT2D eigenvalue weighted by molar-refractivity contribution is 5.79. The molecule has 5 nitrogen and oxygen atoms in total. The smallest absolute Gasteiger partial charge is 0.193 e. The van der Waals surface area contributed by atoms with Gasteiger partial charge in [0.2, 0.25) is 0 Å². The van der Waals surface area contributed by atoms with E-state index in [0.29, 0.717) is 0 Å². The Morgan fingerprint density at radius 1 is 1.40 bits per heavy atom. The van der Waals surface area contributed by atoms with Crippen molar-refractivity contribution in [1.82, 2.24) is 10.2 Å². The lowest BCUT2D eigenvalue weighted by Crippen LogP contribution is -2.40. The van der Waals surface area contributed by atoms with Gasteiger partial charge in [-0.15, -0.1) is 0 Å². The van der Waals surface area contributed by atoms with Crippen LogP contribution in [0.1, 0.15) is 30.4 Å². The van der Waals surface area contributed by atoms with Gasteiger partial charge in [-0.25, -0.2) is 0 Å². The maximum Gasteiger partial charge on any atom is 0.193 e. The summed E-state index contributed by atoms with van der Waals surface area (Å²) in [5, 5.41) is 3.47. The minimum Gasteiger partial charge on any atom is -0.379 e. The van der Waals surface area contributed by atoms with Crippen molar-refractivity contribution in [1.29, 1.82) is 0 Å². The lowest BCUT2D eigenvalue weighted by molar-refractivity contribution is 0.115. The maximum absolute atomic E-state index is 5.73. The predicted molar refractivity (Wildman–Crippen MR) is 104 cm³/mol. The molecule has 0 bridgehead atoms. The highest BCUT2D eigenvalue weighted by Gasteiger charge is 2.21. The van der Waals surface area contributed by atoms with E-state index in [1.165, 1.54) is 42.5 Å². The van der Waals surface area contributed by atoms with Gasteiger partial charge in [0.1, 0.15) is 0 Å². The molecule has 0 aromatic heterocycles. The zero-order valence-corrected chi connectivity index (χ0v) is 15.9. The number of benzene rings is 1. The molecule has 25 heavy (non-hydrogen) atoms. The van der Waals surface area contributed by atoms with Crippen molar-refractivity contribution in [2.75, 3.05) is 52.3 Å². The molecular weight excluding hydrogens is 312 g/mol. The van der Waals surface area contributed by atoms with Crippen LogP contribution in [0.2, 0.25) is 0 Å². The Labute approximate surface area is 152 Å². The van der Waals surface area contributed by atoms with Gasteiger partial charge < -0.3 is 19.9 Å². The minimum atomic E-state index is 0.763. The zero-order valence-electron chi connectivity index (χ0n) is 15.9. The summed E-state index contributed by atoms with van der Waals surface area (Å²) in [5.41, 5.74) is 4.16. The topological polar surface area (TPSA) is 40.1 Å². The second-order valence-corrected chi connectivity index (χ2v) is 7.33. The highest BCUT2D eigenvalue weighted by Crippen LogP contribution is 2.28. The predicted octanol–water partition coefficient (Wildman–Crippen LogP) is 2.50. The Kier molecular flexibility index (Phi) is 6.19. The van der Waals surface area contributed by atoms with Gasteiger partial charge in [-0.3, -0.25) is 4.99 Å². The maximum atomic E-state index is 5.73. The average molecular weight is 345 g/mol. The molecule has 3 rings (SSSR count). The van der Waals surface area contributed by atoms with E-state index in [0.717, 1.165) is 44.7 Å². The quantitative estimate of drug-likeness (QED) is 0.469. The summed E-state index contributed by atoms with van der Waals surface area (Å²) in [7, 11) is 6.08. The molecule has 1 N–H and O–H groups in total. The second-order valence-electron chi connectivity index (χ2n) is 7.33. The molecule has 1 heterocycles. The molecule has 1 aliphatic carbocycles. The number of aliphatic imine (C=N–C) groups is 1. The summed E-state index contributed by atoms with van der Waals surface area (Å²) in [6, 6.07) is 6.81. The zero-order chi connectivity index (χ0) is 17.6. The largest absolute Gasteiger partial charge is 0.379 e. The Morgan fingerprint density at radius 2 is 2.24 bits per heavy atom. The van der Waals surface area contributed by atoms with Gasteiger partial charge in [-0.05, 0) is 48.8 Å². The molecule has 0 unspecified atom stereocenters. The number of hydrogen-bond acceptors (Lipinski definition) is 3. The van der Waals surface area contributed by atoms with Crippen molar-refractivity contribution >= 4 is 11.6 Å². The second kappa shape index (κ2) is 8.56. The molecule has 0 amide bonds. The Morgan fingerprint density at radius 3 is 3.00 bits per heavy atom. The third-order valence-corrected chi connectivity index (χ3v) is 5.14. The molecule has 1 saturated carbocycles. The van der Waals surface area contributed by atoms with Crippen molar-refractivity contribution in [3.63, 3.8) is 0 Å². The number of anilines is 1. The van der Waals surface area contributed by atoms with E-state index in [1.54, 1.807) is 0 Å². The van der Waals surface area contributed by atoms with Gasteiger partial charge in [0.05, 0.1) is 6.61 Å². The van der Waals surface area contributed by atoms with Crippen LogP contribution in [0.4, 0.5) is 5.69 Å². The van der Waals surface area contributed by atoms with E-state index in [9.17, 15) is 0 Å². The molecule has 1 fully saturated rings. The molecule has 0 spiro atoms. The molecule has 0 atom stereocenters. The number of nitrogens with one attached hydrogen (secondary N) is 1. The SMILES string of the molecule is CN=C(NCc1ccc2c(c1)CCCN2C)N(C)CCOCC1CC1. The Balaban J connectivity index is 1.47. The van der Waals surface area contributed by atoms with Crippen molar-refractivity contribution in [2.24, 2.45) is 10.9 Å². The number of fused-ring (bicyclic) bond motifs is 1. The van der Waals surface area contributed by atoms with Gasteiger partial charge in [0, 0.05) is 53.1 Å². The molecule has 1 aromatic carbocycles. The first-order valence-corrected chi connectivity index (χ1v) is 9.50. The third kappa shape index (κ3) is 5.11. The van der Waals surface area contributed by atoms with E-state index in [4.69, 9.17) is 4.74 Å². The summed E-state index contributed by atoms with van der Waals surface area (Å²) in [6.07, 6.45) is 5.11. The van der Waals surface area contributed by atoms with Crippen molar-refractivity contribution in [3.8, 4) is 0 Å². The number of ether oxygens (including phenoxy) is 1. The number of nitrogens with zero attached hydrogens (tertiary/aromatic N) is 3. The minimum absolute atomic E-state index is 0.763. The number of guanidine groups is 1. The Bertz CT molecular complexity index is 597. The molecular formula is C20H32N4O. The number of aryl methyl sites for hydroxylation is 1. The van der Waals surface area contributed by atoms with E-state index < -0.39 is 0 Å².